The van der Waals surface area contributed by atoms with Gasteiger partial charge in [-0.05, 0) is 41.3 Å². The lowest BCUT2D eigenvalue weighted by atomic mass is 9.93. The predicted octanol–water partition coefficient (Wildman–Crippen LogP) is 6.10. The molecule has 0 atom stereocenters. The van der Waals surface area contributed by atoms with Crippen molar-refractivity contribution in [3.63, 3.8) is 0 Å². The molecule has 0 saturated carbocycles. The molecule has 0 aliphatic carbocycles. The van der Waals surface area contributed by atoms with Crippen LogP contribution in [0.15, 0.2) is 65.1 Å². The SMILES string of the molecule is Cc1c(-c2ccccc2)cc(-c2ccccc2Br)c2nsnc12. The van der Waals surface area contributed by atoms with Crippen LogP contribution in [-0.2, 0) is 0 Å². The molecule has 112 valence electrons. The molecule has 1 heterocycles. The summed E-state index contributed by atoms with van der Waals surface area (Å²) in [6, 6.07) is 20.9. The van der Waals surface area contributed by atoms with E-state index in [1.807, 2.05) is 18.2 Å². The smallest absolute Gasteiger partial charge is 0.112 e. The van der Waals surface area contributed by atoms with E-state index in [2.05, 4.69) is 74.1 Å². The first kappa shape index (κ1) is 14.5. The van der Waals surface area contributed by atoms with Gasteiger partial charge in [0.15, 0.2) is 0 Å². The van der Waals surface area contributed by atoms with E-state index in [9.17, 15) is 0 Å². The van der Waals surface area contributed by atoms with Crippen molar-refractivity contribution in [1.29, 1.82) is 0 Å². The highest BCUT2D eigenvalue weighted by Gasteiger charge is 2.16. The Balaban J connectivity index is 2.07. The summed E-state index contributed by atoms with van der Waals surface area (Å²) < 4.78 is 10.1. The first-order valence-corrected chi connectivity index (χ1v) is 8.84. The lowest BCUT2D eigenvalue weighted by molar-refractivity contribution is 1.46. The Morgan fingerprint density at radius 3 is 2.26 bits per heavy atom. The fraction of sp³-hybridized carbons (Fsp3) is 0.0526. The van der Waals surface area contributed by atoms with E-state index >= 15 is 0 Å². The molecule has 0 aliphatic heterocycles. The van der Waals surface area contributed by atoms with Crippen LogP contribution in [-0.4, -0.2) is 8.75 Å². The maximum atomic E-state index is 4.54. The molecule has 2 nitrogen and oxygen atoms in total. The van der Waals surface area contributed by atoms with Crippen LogP contribution in [0.5, 0.6) is 0 Å². The molecule has 0 amide bonds. The van der Waals surface area contributed by atoms with Crippen molar-refractivity contribution in [1.82, 2.24) is 8.75 Å². The number of hydrogen-bond donors (Lipinski definition) is 0. The number of aryl methyl sites for hydroxylation is 1. The van der Waals surface area contributed by atoms with Crippen LogP contribution in [0.3, 0.4) is 0 Å². The van der Waals surface area contributed by atoms with Crippen LogP contribution in [0.1, 0.15) is 5.56 Å². The highest BCUT2D eigenvalue weighted by molar-refractivity contribution is 9.10. The summed E-state index contributed by atoms with van der Waals surface area (Å²) in [6.45, 7) is 2.12. The van der Waals surface area contributed by atoms with Gasteiger partial charge in [-0.1, -0.05) is 64.5 Å². The molecule has 0 radical (unpaired) electrons. The summed E-state index contributed by atoms with van der Waals surface area (Å²) >= 11 is 4.93. The number of halogens is 1. The Morgan fingerprint density at radius 2 is 1.48 bits per heavy atom. The van der Waals surface area contributed by atoms with Gasteiger partial charge in [0.05, 0.1) is 11.7 Å². The average molecular weight is 381 g/mol. The first-order chi connectivity index (χ1) is 11.3. The van der Waals surface area contributed by atoms with Crippen LogP contribution < -0.4 is 0 Å². The zero-order valence-corrected chi connectivity index (χ0v) is 14.9. The van der Waals surface area contributed by atoms with Gasteiger partial charge in [-0.25, -0.2) is 0 Å². The lowest BCUT2D eigenvalue weighted by Crippen LogP contribution is -1.90. The van der Waals surface area contributed by atoms with E-state index in [0.717, 1.165) is 26.6 Å². The fourth-order valence-electron chi connectivity index (χ4n) is 2.86. The zero-order chi connectivity index (χ0) is 15.8. The van der Waals surface area contributed by atoms with E-state index < -0.39 is 0 Å². The summed E-state index contributed by atoms with van der Waals surface area (Å²) in [7, 11) is 0. The molecule has 0 N–H and O–H groups in total. The third kappa shape index (κ3) is 2.48. The van der Waals surface area contributed by atoms with Crippen molar-refractivity contribution in [2.24, 2.45) is 0 Å². The van der Waals surface area contributed by atoms with Gasteiger partial charge in [0, 0.05) is 10.0 Å². The predicted molar refractivity (Wildman–Crippen MR) is 101 cm³/mol. The van der Waals surface area contributed by atoms with Gasteiger partial charge >= 0.3 is 0 Å². The molecule has 4 heteroatoms. The van der Waals surface area contributed by atoms with Crippen molar-refractivity contribution in [3.05, 3.63) is 70.7 Å². The van der Waals surface area contributed by atoms with Gasteiger partial charge in [0.25, 0.3) is 0 Å². The molecule has 4 rings (SSSR count). The normalized spacial score (nSPS) is 11.0. The van der Waals surface area contributed by atoms with E-state index in [1.165, 1.54) is 28.4 Å². The highest BCUT2D eigenvalue weighted by atomic mass is 79.9. The van der Waals surface area contributed by atoms with Crippen molar-refractivity contribution >= 4 is 38.7 Å². The standard InChI is InChI=1S/C19H13BrN2S/c1-12-15(13-7-3-2-4-8-13)11-16(19-18(12)21-23-22-19)14-9-5-6-10-17(14)20/h2-11H,1H3. The molecular formula is C19H13BrN2S. The Labute approximate surface area is 147 Å². The molecule has 1 aromatic heterocycles. The van der Waals surface area contributed by atoms with Crippen molar-refractivity contribution in [2.75, 3.05) is 0 Å². The molecule has 0 spiro atoms. The molecule has 3 aromatic carbocycles. The van der Waals surface area contributed by atoms with Gasteiger partial charge in [0.2, 0.25) is 0 Å². The van der Waals surface area contributed by atoms with Crippen LogP contribution in [0.25, 0.3) is 33.3 Å². The van der Waals surface area contributed by atoms with E-state index in [1.54, 1.807) is 0 Å². The Morgan fingerprint density at radius 1 is 0.783 bits per heavy atom. The molecular weight excluding hydrogens is 368 g/mol. The minimum absolute atomic E-state index is 0.971. The number of fused-ring (bicyclic) bond motifs is 1. The second-order valence-electron chi connectivity index (χ2n) is 5.40. The van der Waals surface area contributed by atoms with Crippen LogP contribution in [0.4, 0.5) is 0 Å². The maximum absolute atomic E-state index is 4.54. The largest absolute Gasteiger partial charge is 0.173 e. The second-order valence-corrected chi connectivity index (χ2v) is 6.79. The van der Waals surface area contributed by atoms with Crippen molar-refractivity contribution in [2.45, 2.75) is 6.92 Å². The Hall–Kier alpha value is -2.04. The maximum Gasteiger partial charge on any atom is 0.112 e. The monoisotopic (exact) mass is 380 g/mol. The second kappa shape index (κ2) is 5.87. The van der Waals surface area contributed by atoms with E-state index in [4.69, 9.17) is 0 Å². The van der Waals surface area contributed by atoms with Crippen molar-refractivity contribution in [3.8, 4) is 22.3 Å². The van der Waals surface area contributed by atoms with E-state index in [0.29, 0.717) is 0 Å². The number of benzene rings is 3. The third-order valence-electron chi connectivity index (χ3n) is 4.04. The molecule has 0 unspecified atom stereocenters. The quantitative estimate of drug-likeness (QED) is 0.420. The summed E-state index contributed by atoms with van der Waals surface area (Å²) in [6.07, 6.45) is 0. The molecule has 4 aromatic rings. The molecule has 0 aliphatic rings. The van der Waals surface area contributed by atoms with E-state index in [-0.39, 0.29) is 0 Å². The number of rotatable bonds is 2. The topological polar surface area (TPSA) is 25.8 Å². The molecule has 0 bridgehead atoms. The van der Waals surface area contributed by atoms with Gasteiger partial charge in [-0.2, -0.15) is 8.75 Å². The van der Waals surface area contributed by atoms with Gasteiger partial charge in [0.1, 0.15) is 11.0 Å². The molecule has 0 saturated heterocycles. The van der Waals surface area contributed by atoms with Crippen LogP contribution in [0, 0.1) is 6.92 Å². The highest BCUT2D eigenvalue weighted by Crippen LogP contribution is 2.38. The summed E-state index contributed by atoms with van der Waals surface area (Å²) in [5.41, 5.74) is 7.80. The molecule has 0 fully saturated rings. The van der Waals surface area contributed by atoms with Gasteiger partial charge < -0.3 is 0 Å². The van der Waals surface area contributed by atoms with Gasteiger partial charge in [-0.3, -0.25) is 0 Å². The first-order valence-electron chi connectivity index (χ1n) is 7.32. The van der Waals surface area contributed by atoms with Crippen molar-refractivity contribution < 1.29 is 0 Å². The summed E-state index contributed by atoms with van der Waals surface area (Å²) in [5.74, 6) is 0. The molecule has 23 heavy (non-hydrogen) atoms. The number of aromatic nitrogens is 2. The van der Waals surface area contributed by atoms with Crippen LogP contribution in [0.2, 0.25) is 0 Å². The summed E-state index contributed by atoms with van der Waals surface area (Å²) in [4.78, 5) is 0. The number of nitrogens with zero attached hydrogens (tertiary/aromatic N) is 2. The minimum atomic E-state index is 0.971. The van der Waals surface area contributed by atoms with Gasteiger partial charge in [-0.15, -0.1) is 0 Å². The Bertz CT molecular complexity index is 993. The minimum Gasteiger partial charge on any atom is -0.173 e. The third-order valence-corrected chi connectivity index (χ3v) is 5.26. The zero-order valence-electron chi connectivity index (χ0n) is 12.5. The van der Waals surface area contributed by atoms with Crippen LogP contribution >= 0.6 is 27.7 Å². The fourth-order valence-corrected chi connectivity index (χ4v) is 3.97. The summed E-state index contributed by atoms with van der Waals surface area (Å²) in [5, 5.41) is 0. The number of hydrogen-bond acceptors (Lipinski definition) is 3. The average Bonchev–Trinajstić information content (AvgIpc) is 3.07. The Kier molecular flexibility index (Phi) is 3.71. The lowest BCUT2D eigenvalue weighted by Gasteiger charge is -2.12.